The van der Waals surface area contributed by atoms with Crippen LogP contribution in [0.4, 0.5) is 0 Å². The Labute approximate surface area is 104 Å². The van der Waals surface area contributed by atoms with Gasteiger partial charge in [-0.2, -0.15) is 0 Å². The number of hydrogen-bond acceptors (Lipinski definition) is 3. The van der Waals surface area contributed by atoms with E-state index in [1.807, 2.05) is 19.1 Å². The molecule has 2 N–H and O–H groups in total. The van der Waals surface area contributed by atoms with Gasteiger partial charge in [-0.25, -0.2) is 0 Å². The Morgan fingerprint density at radius 3 is 2.69 bits per heavy atom. The van der Waals surface area contributed by atoms with Crippen LogP contribution in [0, 0.1) is 5.41 Å². The van der Waals surface area contributed by atoms with Gasteiger partial charge in [-0.05, 0) is 32.9 Å². The minimum absolute atomic E-state index is 0.121. The van der Waals surface area contributed by atoms with Crippen molar-refractivity contribution in [2.45, 2.75) is 26.8 Å². The normalized spacial score (nSPS) is 13.8. The number of carboxylic acid groups (broad SMARTS) is 1. The second-order valence-corrected chi connectivity index (χ2v) is 6.18. The number of nitrogens with one attached hydrogen (secondary N) is 1. The molecular formula is C11H16ClNO2S. The average Bonchev–Trinajstić information content (AvgIpc) is 2.61. The Hall–Kier alpha value is -0.580. The molecule has 0 aliphatic carbocycles. The van der Waals surface area contributed by atoms with Crippen molar-refractivity contribution in [3.8, 4) is 0 Å². The van der Waals surface area contributed by atoms with Crippen LogP contribution >= 0.6 is 22.9 Å². The molecule has 1 unspecified atom stereocenters. The van der Waals surface area contributed by atoms with Crippen molar-refractivity contribution in [1.29, 1.82) is 0 Å². The highest BCUT2D eigenvalue weighted by Gasteiger charge is 2.27. The monoisotopic (exact) mass is 261 g/mol. The second kappa shape index (κ2) is 5.17. The lowest BCUT2D eigenvalue weighted by atomic mass is 9.93. The van der Waals surface area contributed by atoms with E-state index >= 15 is 0 Å². The molecule has 0 spiro atoms. The molecule has 0 aliphatic heterocycles. The maximum atomic E-state index is 10.9. The second-order valence-electron chi connectivity index (χ2n) is 4.43. The number of halogens is 1. The molecule has 1 aromatic rings. The molecule has 0 aromatic carbocycles. The number of carbonyl (C=O) groups is 1. The fourth-order valence-corrected chi connectivity index (χ4v) is 2.23. The van der Waals surface area contributed by atoms with Crippen LogP contribution in [0.3, 0.4) is 0 Å². The zero-order valence-electron chi connectivity index (χ0n) is 9.58. The van der Waals surface area contributed by atoms with E-state index in [-0.39, 0.29) is 6.04 Å². The van der Waals surface area contributed by atoms with Crippen LogP contribution in [0.25, 0.3) is 0 Å². The van der Waals surface area contributed by atoms with Crippen molar-refractivity contribution in [1.82, 2.24) is 5.32 Å². The molecule has 1 atom stereocenters. The first kappa shape index (κ1) is 13.5. The summed E-state index contributed by atoms with van der Waals surface area (Å²) in [6.45, 7) is 5.84. The number of aliphatic carboxylic acids is 1. The van der Waals surface area contributed by atoms with E-state index in [1.165, 1.54) is 11.3 Å². The van der Waals surface area contributed by atoms with E-state index in [4.69, 9.17) is 16.7 Å². The van der Waals surface area contributed by atoms with Gasteiger partial charge in [0.05, 0.1) is 9.75 Å². The van der Waals surface area contributed by atoms with Gasteiger partial charge < -0.3 is 10.4 Å². The number of rotatable bonds is 5. The number of carboxylic acids is 1. The molecule has 16 heavy (non-hydrogen) atoms. The largest absolute Gasteiger partial charge is 0.481 e. The summed E-state index contributed by atoms with van der Waals surface area (Å²) in [6.07, 6.45) is 0. The van der Waals surface area contributed by atoms with Gasteiger partial charge in [0, 0.05) is 17.5 Å². The van der Waals surface area contributed by atoms with E-state index in [1.54, 1.807) is 13.8 Å². The van der Waals surface area contributed by atoms with E-state index in [2.05, 4.69) is 5.32 Å². The van der Waals surface area contributed by atoms with Crippen LogP contribution in [0.1, 0.15) is 31.7 Å². The van der Waals surface area contributed by atoms with Gasteiger partial charge in [-0.3, -0.25) is 4.79 Å². The molecule has 3 nitrogen and oxygen atoms in total. The first-order valence-electron chi connectivity index (χ1n) is 5.05. The van der Waals surface area contributed by atoms with E-state index in [9.17, 15) is 4.79 Å². The van der Waals surface area contributed by atoms with Crippen molar-refractivity contribution >= 4 is 28.9 Å². The molecule has 5 heteroatoms. The highest BCUT2D eigenvalue weighted by atomic mass is 35.5. The summed E-state index contributed by atoms with van der Waals surface area (Å²) < 4.78 is 0.751. The zero-order chi connectivity index (χ0) is 12.3. The molecule has 0 saturated heterocycles. The summed E-state index contributed by atoms with van der Waals surface area (Å²) in [5.41, 5.74) is -0.755. The Kier molecular flexibility index (Phi) is 4.35. The summed E-state index contributed by atoms with van der Waals surface area (Å²) in [5, 5.41) is 12.2. The molecule has 0 aliphatic rings. The first-order chi connectivity index (χ1) is 7.33. The Balaban J connectivity index is 2.53. The van der Waals surface area contributed by atoms with Crippen LogP contribution in [-0.4, -0.2) is 17.6 Å². The lowest BCUT2D eigenvalue weighted by Gasteiger charge is -2.22. The SMILES string of the molecule is CC(NCC(C)(C)C(=O)O)c1ccc(Cl)s1. The number of hydrogen-bond donors (Lipinski definition) is 2. The molecule has 0 saturated carbocycles. The highest BCUT2D eigenvalue weighted by molar-refractivity contribution is 7.16. The summed E-state index contributed by atoms with van der Waals surface area (Å²) in [4.78, 5) is 12.0. The third-order valence-corrected chi connectivity index (χ3v) is 3.86. The molecule has 0 amide bonds. The Bertz CT molecular complexity index is 376. The smallest absolute Gasteiger partial charge is 0.310 e. The van der Waals surface area contributed by atoms with Crippen molar-refractivity contribution in [3.05, 3.63) is 21.3 Å². The van der Waals surface area contributed by atoms with Crippen molar-refractivity contribution in [2.75, 3.05) is 6.54 Å². The standard InChI is InChI=1S/C11H16ClNO2S/c1-7(8-4-5-9(12)16-8)13-6-11(2,3)10(14)15/h4-5,7,13H,6H2,1-3H3,(H,14,15). The molecule has 0 radical (unpaired) electrons. The molecular weight excluding hydrogens is 246 g/mol. The summed E-state index contributed by atoms with van der Waals surface area (Å²) in [7, 11) is 0. The zero-order valence-corrected chi connectivity index (χ0v) is 11.2. The van der Waals surface area contributed by atoms with Crippen molar-refractivity contribution in [3.63, 3.8) is 0 Å². The molecule has 90 valence electrons. The predicted octanol–water partition coefficient (Wildman–Crippen LogP) is 3.16. The first-order valence-corrected chi connectivity index (χ1v) is 6.24. The molecule has 1 rings (SSSR count). The van der Waals surface area contributed by atoms with Gasteiger partial charge in [0.1, 0.15) is 0 Å². The van der Waals surface area contributed by atoms with Gasteiger partial charge in [0.2, 0.25) is 0 Å². The fraction of sp³-hybridized carbons (Fsp3) is 0.545. The van der Waals surface area contributed by atoms with Crippen LogP contribution in [-0.2, 0) is 4.79 Å². The third-order valence-electron chi connectivity index (χ3n) is 2.45. The van der Waals surface area contributed by atoms with Gasteiger partial charge in [0.25, 0.3) is 0 Å². The quantitative estimate of drug-likeness (QED) is 0.856. The molecule has 0 bridgehead atoms. The van der Waals surface area contributed by atoms with Crippen LogP contribution < -0.4 is 5.32 Å². The summed E-state index contributed by atoms with van der Waals surface area (Å²) in [5.74, 6) is -0.795. The van der Waals surface area contributed by atoms with Crippen LogP contribution in [0.2, 0.25) is 4.34 Å². The summed E-state index contributed by atoms with van der Waals surface area (Å²) in [6, 6.07) is 3.93. The number of thiophene rings is 1. The van der Waals surface area contributed by atoms with Gasteiger partial charge >= 0.3 is 5.97 Å². The summed E-state index contributed by atoms with van der Waals surface area (Å²) >= 11 is 7.35. The van der Waals surface area contributed by atoms with Gasteiger partial charge in [-0.1, -0.05) is 11.6 Å². The Morgan fingerprint density at radius 1 is 1.62 bits per heavy atom. The van der Waals surface area contributed by atoms with E-state index in [0.29, 0.717) is 6.54 Å². The van der Waals surface area contributed by atoms with Crippen LogP contribution in [0.5, 0.6) is 0 Å². The molecule has 1 aromatic heterocycles. The van der Waals surface area contributed by atoms with Crippen LogP contribution in [0.15, 0.2) is 12.1 Å². The molecule has 1 heterocycles. The third kappa shape index (κ3) is 3.47. The Morgan fingerprint density at radius 2 is 2.25 bits per heavy atom. The highest BCUT2D eigenvalue weighted by Crippen LogP contribution is 2.27. The minimum Gasteiger partial charge on any atom is -0.481 e. The molecule has 0 fully saturated rings. The lowest BCUT2D eigenvalue weighted by molar-refractivity contribution is -0.146. The minimum atomic E-state index is -0.795. The van der Waals surface area contributed by atoms with Gasteiger partial charge in [0.15, 0.2) is 0 Å². The fourth-order valence-electron chi connectivity index (χ4n) is 1.15. The average molecular weight is 262 g/mol. The van der Waals surface area contributed by atoms with E-state index in [0.717, 1.165) is 9.21 Å². The maximum Gasteiger partial charge on any atom is 0.310 e. The topological polar surface area (TPSA) is 49.3 Å². The maximum absolute atomic E-state index is 10.9. The van der Waals surface area contributed by atoms with E-state index < -0.39 is 11.4 Å². The van der Waals surface area contributed by atoms with Crippen molar-refractivity contribution < 1.29 is 9.90 Å². The predicted molar refractivity (Wildman–Crippen MR) is 67.2 cm³/mol. The van der Waals surface area contributed by atoms with Gasteiger partial charge in [-0.15, -0.1) is 11.3 Å². The van der Waals surface area contributed by atoms with Crippen molar-refractivity contribution in [2.24, 2.45) is 5.41 Å². The lowest BCUT2D eigenvalue weighted by Crippen LogP contribution is -2.36.